The molecule has 2 unspecified atom stereocenters. The number of carbonyl (C=O) groups is 1. The van der Waals surface area contributed by atoms with Crippen LogP contribution in [0.15, 0.2) is 17.5 Å². The van der Waals surface area contributed by atoms with E-state index in [4.69, 9.17) is 0 Å². The zero-order valence-electron chi connectivity index (χ0n) is 11.9. The first-order valence-corrected chi connectivity index (χ1v) is 7.88. The van der Waals surface area contributed by atoms with E-state index >= 15 is 0 Å². The van der Waals surface area contributed by atoms with Gasteiger partial charge in [-0.25, -0.2) is 0 Å². The van der Waals surface area contributed by atoms with Gasteiger partial charge in [-0.1, -0.05) is 19.9 Å². The lowest BCUT2D eigenvalue weighted by molar-refractivity contribution is -0.156. The van der Waals surface area contributed by atoms with Crippen LogP contribution in [-0.4, -0.2) is 28.1 Å². The van der Waals surface area contributed by atoms with Crippen molar-refractivity contribution in [2.45, 2.75) is 51.6 Å². The highest BCUT2D eigenvalue weighted by Gasteiger charge is 2.45. The molecule has 1 N–H and O–H groups in total. The molecule has 0 spiro atoms. The number of likely N-dealkylation sites (tertiary alicyclic amines) is 1. The van der Waals surface area contributed by atoms with Gasteiger partial charge in [-0.05, 0) is 50.1 Å². The molecule has 1 aromatic heterocycles. The maximum absolute atomic E-state index is 11.7. The van der Waals surface area contributed by atoms with Crippen molar-refractivity contribution in [1.82, 2.24) is 4.90 Å². The number of thiophene rings is 1. The van der Waals surface area contributed by atoms with Crippen molar-refractivity contribution in [1.29, 1.82) is 0 Å². The summed E-state index contributed by atoms with van der Waals surface area (Å²) in [4.78, 5) is 15.2. The summed E-state index contributed by atoms with van der Waals surface area (Å²) >= 11 is 1.73. The van der Waals surface area contributed by atoms with Gasteiger partial charge < -0.3 is 5.11 Å². The van der Waals surface area contributed by atoms with Crippen LogP contribution in [0.4, 0.5) is 0 Å². The largest absolute Gasteiger partial charge is 0.480 e. The molecule has 106 valence electrons. The van der Waals surface area contributed by atoms with Crippen LogP contribution >= 0.6 is 11.3 Å². The fourth-order valence-electron chi connectivity index (χ4n) is 3.12. The Kier molecular flexibility index (Phi) is 4.31. The summed E-state index contributed by atoms with van der Waals surface area (Å²) in [5.41, 5.74) is -0.725. The molecule has 2 heterocycles. The van der Waals surface area contributed by atoms with Crippen molar-refractivity contribution >= 4 is 17.3 Å². The molecule has 0 amide bonds. The molecular weight excluding hydrogens is 258 g/mol. The number of aliphatic carboxylic acids is 1. The lowest BCUT2D eigenvalue weighted by atomic mass is 9.84. The predicted octanol–water partition coefficient (Wildman–Crippen LogP) is 3.77. The van der Waals surface area contributed by atoms with Crippen LogP contribution in [-0.2, 0) is 4.79 Å². The van der Waals surface area contributed by atoms with Gasteiger partial charge in [0, 0.05) is 10.9 Å². The Morgan fingerprint density at radius 2 is 2.21 bits per heavy atom. The van der Waals surface area contributed by atoms with Gasteiger partial charge in [-0.15, -0.1) is 11.3 Å². The predicted molar refractivity (Wildman–Crippen MR) is 78.5 cm³/mol. The van der Waals surface area contributed by atoms with E-state index in [-0.39, 0.29) is 6.04 Å². The zero-order valence-corrected chi connectivity index (χ0v) is 12.7. The molecule has 1 aliphatic rings. The van der Waals surface area contributed by atoms with E-state index in [1.165, 1.54) is 4.88 Å². The number of carboxylic acid groups (broad SMARTS) is 1. The van der Waals surface area contributed by atoms with Crippen LogP contribution in [0.2, 0.25) is 0 Å². The maximum atomic E-state index is 11.7. The van der Waals surface area contributed by atoms with Crippen LogP contribution < -0.4 is 0 Å². The lowest BCUT2D eigenvalue weighted by Crippen LogP contribution is -2.57. The molecular formula is C15H23NO2S. The normalized spacial score (nSPS) is 26.5. The molecule has 0 radical (unpaired) electrons. The van der Waals surface area contributed by atoms with Crippen LogP contribution in [0.5, 0.6) is 0 Å². The molecule has 1 aromatic rings. The number of rotatable bonds is 4. The average Bonchev–Trinajstić information content (AvgIpc) is 2.85. The second kappa shape index (κ2) is 5.63. The zero-order chi connectivity index (χ0) is 14.0. The molecule has 1 saturated heterocycles. The van der Waals surface area contributed by atoms with E-state index < -0.39 is 11.5 Å². The van der Waals surface area contributed by atoms with E-state index in [1.807, 2.05) is 6.92 Å². The van der Waals surface area contributed by atoms with Crippen molar-refractivity contribution in [3.05, 3.63) is 22.4 Å². The van der Waals surface area contributed by atoms with Crippen molar-refractivity contribution in [3.8, 4) is 0 Å². The van der Waals surface area contributed by atoms with Crippen molar-refractivity contribution < 1.29 is 9.90 Å². The van der Waals surface area contributed by atoms with Crippen molar-refractivity contribution in [2.24, 2.45) is 5.92 Å². The average molecular weight is 281 g/mol. The molecule has 1 aliphatic heterocycles. The number of nitrogens with zero attached hydrogens (tertiary/aromatic N) is 1. The summed E-state index contributed by atoms with van der Waals surface area (Å²) in [6, 6.07) is 4.39. The van der Waals surface area contributed by atoms with Gasteiger partial charge in [-0.3, -0.25) is 9.69 Å². The van der Waals surface area contributed by atoms with Crippen LogP contribution in [0, 0.1) is 5.92 Å². The van der Waals surface area contributed by atoms with Crippen LogP contribution in [0.25, 0.3) is 0 Å². The van der Waals surface area contributed by atoms with Gasteiger partial charge in [0.05, 0.1) is 0 Å². The Bertz CT molecular complexity index is 429. The minimum absolute atomic E-state index is 0.210. The van der Waals surface area contributed by atoms with Gasteiger partial charge in [0.25, 0.3) is 0 Å². The monoisotopic (exact) mass is 281 g/mol. The summed E-state index contributed by atoms with van der Waals surface area (Å²) in [5, 5.41) is 11.7. The second-order valence-electron chi connectivity index (χ2n) is 5.93. The third kappa shape index (κ3) is 2.70. The number of carboxylic acids is 1. The van der Waals surface area contributed by atoms with Gasteiger partial charge in [-0.2, -0.15) is 0 Å². The highest BCUT2D eigenvalue weighted by Crippen LogP contribution is 2.40. The fraction of sp³-hybridized carbons (Fsp3) is 0.667. The number of hydrogen-bond acceptors (Lipinski definition) is 3. The molecule has 1 fully saturated rings. The third-order valence-electron chi connectivity index (χ3n) is 4.21. The van der Waals surface area contributed by atoms with Gasteiger partial charge >= 0.3 is 5.97 Å². The van der Waals surface area contributed by atoms with E-state index in [0.717, 1.165) is 25.8 Å². The standard InChI is InChI=1S/C15H23NO2S/c1-11(2)13(12-7-6-10-19-12)16-9-5-4-8-15(16,3)14(17)18/h6-7,10-11,13H,4-5,8-9H2,1-3H3,(H,17,18). The van der Waals surface area contributed by atoms with Gasteiger partial charge in [0.2, 0.25) is 0 Å². The summed E-state index contributed by atoms with van der Waals surface area (Å²) in [6.45, 7) is 7.13. The molecule has 0 saturated carbocycles. The van der Waals surface area contributed by atoms with E-state index in [2.05, 4.69) is 36.3 Å². The Labute approximate surface area is 119 Å². The van der Waals surface area contributed by atoms with E-state index in [0.29, 0.717) is 5.92 Å². The van der Waals surface area contributed by atoms with Crippen LogP contribution in [0.3, 0.4) is 0 Å². The molecule has 2 rings (SSSR count). The highest BCUT2D eigenvalue weighted by molar-refractivity contribution is 7.10. The maximum Gasteiger partial charge on any atom is 0.323 e. The molecule has 0 bridgehead atoms. The Balaban J connectivity index is 2.36. The third-order valence-corrected chi connectivity index (χ3v) is 5.15. The fourth-order valence-corrected chi connectivity index (χ4v) is 4.13. The van der Waals surface area contributed by atoms with Gasteiger partial charge in [0.1, 0.15) is 5.54 Å². The van der Waals surface area contributed by atoms with E-state index in [1.54, 1.807) is 11.3 Å². The smallest absolute Gasteiger partial charge is 0.323 e. The molecule has 0 aromatic carbocycles. The number of hydrogen-bond donors (Lipinski definition) is 1. The first-order chi connectivity index (χ1) is 8.97. The van der Waals surface area contributed by atoms with E-state index in [9.17, 15) is 9.90 Å². The molecule has 4 heteroatoms. The molecule has 2 atom stereocenters. The Morgan fingerprint density at radius 1 is 1.47 bits per heavy atom. The minimum atomic E-state index is -0.725. The lowest BCUT2D eigenvalue weighted by Gasteiger charge is -2.47. The summed E-state index contributed by atoms with van der Waals surface area (Å²) in [7, 11) is 0. The molecule has 19 heavy (non-hydrogen) atoms. The van der Waals surface area contributed by atoms with Crippen molar-refractivity contribution in [2.75, 3.05) is 6.54 Å². The molecule has 3 nitrogen and oxygen atoms in total. The summed E-state index contributed by atoms with van der Waals surface area (Å²) in [6.07, 6.45) is 2.85. The number of piperidine rings is 1. The minimum Gasteiger partial charge on any atom is -0.480 e. The first-order valence-electron chi connectivity index (χ1n) is 7.00. The molecule has 0 aliphatic carbocycles. The Morgan fingerprint density at radius 3 is 2.74 bits per heavy atom. The second-order valence-corrected chi connectivity index (χ2v) is 6.91. The summed E-state index contributed by atoms with van der Waals surface area (Å²) < 4.78 is 0. The Hall–Kier alpha value is -0.870. The van der Waals surface area contributed by atoms with Crippen LogP contribution in [0.1, 0.15) is 51.0 Å². The first kappa shape index (κ1) is 14.5. The topological polar surface area (TPSA) is 40.5 Å². The highest BCUT2D eigenvalue weighted by atomic mass is 32.1. The summed E-state index contributed by atoms with van der Waals surface area (Å²) in [5.74, 6) is -0.273. The SMILES string of the molecule is CC(C)C(c1cccs1)N1CCCCC1(C)C(=O)O. The van der Waals surface area contributed by atoms with Crippen molar-refractivity contribution in [3.63, 3.8) is 0 Å². The quantitative estimate of drug-likeness (QED) is 0.913. The van der Waals surface area contributed by atoms with Gasteiger partial charge in [0.15, 0.2) is 0 Å².